The van der Waals surface area contributed by atoms with Gasteiger partial charge in [0.2, 0.25) is 0 Å². The number of carbonyl (C=O) groups is 1. The SMILES string of the molecule is Cl.NC1CCCN(C(=O)c2ccc([N+](=O)[O-])cc2Br)C1. The first-order valence-corrected chi connectivity index (χ1v) is 6.77. The molecule has 1 aromatic rings. The van der Waals surface area contributed by atoms with Gasteiger partial charge in [-0.1, -0.05) is 0 Å². The highest BCUT2D eigenvalue weighted by atomic mass is 79.9. The molecule has 20 heavy (non-hydrogen) atoms. The molecule has 0 saturated carbocycles. The summed E-state index contributed by atoms with van der Waals surface area (Å²) in [7, 11) is 0. The summed E-state index contributed by atoms with van der Waals surface area (Å²) in [5.74, 6) is -0.142. The zero-order chi connectivity index (χ0) is 14.0. The molecule has 0 spiro atoms. The van der Waals surface area contributed by atoms with Crippen LogP contribution in [0.25, 0.3) is 0 Å². The predicted octanol–water partition coefficient (Wildman–Crippen LogP) is 2.34. The van der Waals surface area contributed by atoms with Crippen LogP contribution >= 0.6 is 28.3 Å². The van der Waals surface area contributed by atoms with Crippen molar-refractivity contribution in [3.05, 3.63) is 38.3 Å². The van der Waals surface area contributed by atoms with E-state index in [4.69, 9.17) is 5.73 Å². The second kappa shape index (κ2) is 7.01. The molecule has 110 valence electrons. The van der Waals surface area contributed by atoms with Gasteiger partial charge in [-0.2, -0.15) is 0 Å². The first-order valence-electron chi connectivity index (χ1n) is 5.98. The summed E-state index contributed by atoms with van der Waals surface area (Å²) >= 11 is 3.21. The van der Waals surface area contributed by atoms with Crippen LogP contribution in [0.5, 0.6) is 0 Å². The second-order valence-corrected chi connectivity index (χ2v) is 5.43. The number of nitro groups is 1. The number of hydrogen-bond donors (Lipinski definition) is 1. The van der Waals surface area contributed by atoms with Crippen molar-refractivity contribution in [2.24, 2.45) is 5.73 Å². The molecule has 1 aromatic carbocycles. The highest BCUT2D eigenvalue weighted by molar-refractivity contribution is 9.10. The summed E-state index contributed by atoms with van der Waals surface area (Å²) in [6.45, 7) is 1.21. The third-order valence-corrected chi connectivity index (χ3v) is 3.80. The Morgan fingerprint density at radius 3 is 2.75 bits per heavy atom. The standard InChI is InChI=1S/C12H14BrN3O3.ClH/c13-11-6-9(16(18)19)3-4-10(11)12(17)15-5-1-2-8(14)7-15;/h3-4,6,8H,1-2,5,7,14H2;1H. The molecule has 1 aliphatic rings. The molecule has 0 aliphatic carbocycles. The lowest BCUT2D eigenvalue weighted by Gasteiger charge is -2.31. The molecule has 0 bridgehead atoms. The Morgan fingerprint density at radius 2 is 2.20 bits per heavy atom. The van der Waals surface area contributed by atoms with Crippen molar-refractivity contribution in [3.8, 4) is 0 Å². The van der Waals surface area contributed by atoms with Gasteiger partial charge in [0.1, 0.15) is 0 Å². The molecule has 1 saturated heterocycles. The van der Waals surface area contributed by atoms with Gasteiger partial charge >= 0.3 is 0 Å². The highest BCUT2D eigenvalue weighted by Crippen LogP contribution is 2.25. The van der Waals surface area contributed by atoms with Gasteiger partial charge in [0, 0.05) is 35.7 Å². The number of hydrogen-bond acceptors (Lipinski definition) is 4. The number of nitrogens with zero attached hydrogens (tertiary/aromatic N) is 2. The molecule has 0 aromatic heterocycles. The van der Waals surface area contributed by atoms with Crippen LogP contribution in [0, 0.1) is 10.1 Å². The maximum atomic E-state index is 12.3. The van der Waals surface area contributed by atoms with Crippen LogP contribution in [-0.2, 0) is 0 Å². The Morgan fingerprint density at radius 1 is 1.50 bits per heavy atom. The number of amides is 1. The Balaban J connectivity index is 0.00000200. The summed E-state index contributed by atoms with van der Waals surface area (Å²) in [6, 6.07) is 4.17. The predicted molar refractivity (Wildman–Crippen MR) is 81.2 cm³/mol. The molecule has 1 fully saturated rings. The quantitative estimate of drug-likeness (QED) is 0.644. The van der Waals surface area contributed by atoms with Crippen molar-refractivity contribution in [2.45, 2.75) is 18.9 Å². The molecule has 1 heterocycles. The summed E-state index contributed by atoms with van der Waals surface area (Å²) in [6.07, 6.45) is 1.81. The van der Waals surface area contributed by atoms with Gasteiger partial charge in [0.25, 0.3) is 11.6 Å². The molecule has 2 N–H and O–H groups in total. The van der Waals surface area contributed by atoms with Gasteiger partial charge in [-0.15, -0.1) is 12.4 Å². The maximum Gasteiger partial charge on any atom is 0.270 e. The third-order valence-electron chi connectivity index (χ3n) is 3.14. The Labute approximate surface area is 131 Å². The lowest BCUT2D eigenvalue weighted by atomic mass is 10.1. The minimum atomic E-state index is -0.490. The zero-order valence-corrected chi connectivity index (χ0v) is 13.0. The van der Waals surface area contributed by atoms with Crippen molar-refractivity contribution < 1.29 is 9.72 Å². The molecule has 1 unspecified atom stereocenters. The molecular weight excluding hydrogens is 350 g/mol. The average molecular weight is 365 g/mol. The number of halogens is 2. The Kier molecular flexibility index (Phi) is 5.91. The molecular formula is C12H15BrClN3O3. The summed E-state index contributed by atoms with van der Waals surface area (Å²) in [4.78, 5) is 24.2. The summed E-state index contributed by atoms with van der Waals surface area (Å²) in [5, 5.41) is 10.7. The number of likely N-dealkylation sites (tertiary alicyclic amines) is 1. The third kappa shape index (κ3) is 3.68. The van der Waals surface area contributed by atoms with Crippen LogP contribution in [0.1, 0.15) is 23.2 Å². The van der Waals surface area contributed by atoms with E-state index in [1.54, 1.807) is 4.90 Å². The van der Waals surface area contributed by atoms with Crippen LogP contribution < -0.4 is 5.73 Å². The van der Waals surface area contributed by atoms with E-state index in [1.807, 2.05) is 0 Å². The van der Waals surface area contributed by atoms with Gasteiger partial charge in [0.05, 0.1) is 10.5 Å². The molecule has 1 atom stereocenters. The molecule has 1 amide bonds. The Bertz CT molecular complexity index is 527. The van der Waals surface area contributed by atoms with Crippen LogP contribution in [0.4, 0.5) is 5.69 Å². The van der Waals surface area contributed by atoms with Crippen molar-refractivity contribution in [3.63, 3.8) is 0 Å². The molecule has 0 radical (unpaired) electrons. The van der Waals surface area contributed by atoms with Crippen molar-refractivity contribution in [1.82, 2.24) is 4.90 Å². The van der Waals surface area contributed by atoms with E-state index in [2.05, 4.69) is 15.9 Å². The molecule has 2 rings (SSSR count). The van der Waals surface area contributed by atoms with E-state index >= 15 is 0 Å². The van der Waals surface area contributed by atoms with Gasteiger partial charge in [0.15, 0.2) is 0 Å². The van der Waals surface area contributed by atoms with Crippen molar-refractivity contribution in [2.75, 3.05) is 13.1 Å². The van der Waals surface area contributed by atoms with E-state index in [0.29, 0.717) is 23.1 Å². The second-order valence-electron chi connectivity index (χ2n) is 4.57. The molecule has 6 nitrogen and oxygen atoms in total. The minimum Gasteiger partial charge on any atom is -0.337 e. The number of rotatable bonds is 2. The summed E-state index contributed by atoms with van der Waals surface area (Å²) < 4.78 is 0.436. The monoisotopic (exact) mass is 363 g/mol. The van der Waals surface area contributed by atoms with Crippen LogP contribution in [-0.4, -0.2) is 34.9 Å². The zero-order valence-electron chi connectivity index (χ0n) is 10.6. The number of carbonyl (C=O) groups excluding carboxylic acids is 1. The largest absolute Gasteiger partial charge is 0.337 e. The number of benzene rings is 1. The highest BCUT2D eigenvalue weighted by Gasteiger charge is 2.24. The molecule has 1 aliphatic heterocycles. The van der Waals surface area contributed by atoms with Gasteiger partial charge < -0.3 is 10.6 Å². The van der Waals surface area contributed by atoms with E-state index in [9.17, 15) is 14.9 Å². The number of nitrogens with two attached hydrogens (primary N) is 1. The van der Waals surface area contributed by atoms with E-state index in [-0.39, 0.29) is 30.0 Å². The fraction of sp³-hybridized carbons (Fsp3) is 0.417. The minimum absolute atomic E-state index is 0. The number of nitro benzene ring substituents is 1. The number of piperidine rings is 1. The van der Waals surface area contributed by atoms with E-state index < -0.39 is 4.92 Å². The first kappa shape index (κ1) is 16.9. The lowest BCUT2D eigenvalue weighted by Crippen LogP contribution is -2.45. The summed E-state index contributed by atoms with van der Waals surface area (Å²) in [5.41, 5.74) is 6.24. The first-order chi connectivity index (χ1) is 8.99. The fourth-order valence-electron chi connectivity index (χ4n) is 2.16. The van der Waals surface area contributed by atoms with Gasteiger partial charge in [-0.3, -0.25) is 14.9 Å². The van der Waals surface area contributed by atoms with Crippen LogP contribution in [0.3, 0.4) is 0 Å². The molecule has 8 heteroatoms. The van der Waals surface area contributed by atoms with Crippen LogP contribution in [0.2, 0.25) is 0 Å². The topological polar surface area (TPSA) is 89.5 Å². The fourth-order valence-corrected chi connectivity index (χ4v) is 2.69. The van der Waals surface area contributed by atoms with E-state index in [1.165, 1.54) is 18.2 Å². The lowest BCUT2D eigenvalue weighted by molar-refractivity contribution is -0.384. The van der Waals surface area contributed by atoms with Gasteiger partial charge in [-0.05, 0) is 34.8 Å². The van der Waals surface area contributed by atoms with Gasteiger partial charge in [-0.25, -0.2) is 0 Å². The maximum absolute atomic E-state index is 12.3. The van der Waals surface area contributed by atoms with E-state index in [0.717, 1.165) is 12.8 Å². The Hall–Kier alpha value is -1.18. The number of non-ortho nitro benzene ring substituents is 1. The normalized spacial score (nSPS) is 18.3. The average Bonchev–Trinajstić information content (AvgIpc) is 2.37. The van der Waals surface area contributed by atoms with Crippen LogP contribution in [0.15, 0.2) is 22.7 Å². The van der Waals surface area contributed by atoms with Crippen molar-refractivity contribution >= 4 is 39.9 Å². The van der Waals surface area contributed by atoms with Crippen molar-refractivity contribution in [1.29, 1.82) is 0 Å². The smallest absolute Gasteiger partial charge is 0.270 e.